The van der Waals surface area contributed by atoms with Crippen LogP contribution in [-0.4, -0.2) is 85.4 Å². The zero-order chi connectivity index (χ0) is 20.2. The fraction of sp³-hybridized carbons (Fsp3) is 0.667. The van der Waals surface area contributed by atoms with Crippen LogP contribution in [0.2, 0.25) is 5.02 Å². The zero-order valence-corrected chi connectivity index (χ0v) is 17.5. The second-order valence-corrected chi connectivity index (χ2v) is 8.41. The first kappa shape index (κ1) is 21.0. The van der Waals surface area contributed by atoms with Crippen molar-refractivity contribution in [3.8, 4) is 0 Å². The Kier molecular flexibility index (Phi) is 7.03. The molecular weight excluding hydrogens is 397 g/mol. The van der Waals surface area contributed by atoms with Gasteiger partial charge in [-0.3, -0.25) is 14.6 Å². The van der Waals surface area contributed by atoms with Gasteiger partial charge in [0.1, 0.15) is 5.82 Å². The first-order valence-corrected chi connectivity index (χ1v) is 10.9. The van der Waals surface area contributed by atoms with Crippen LogP contribution >= 0.6 is 11.6 Å². The minimum atomic E-state index is -0.275. The molecule has 8 heteroatoms. The highest BCUT2D eigenvalue weighted by Crippen LogP contribution is 2.25. The number of piperazine rings is 1. The Hall–Kier alpha value is -1.25. The average molecular weight is 426 g/mol. The second-order valence-electron chi connectivity index (χ2n) is 8.00. The van der Waals surface area contributed by atoms with Gasteiger partial charge in [0.15, 0.2) is 6.29 Å². The summed E-state index contributed by atoms with van der Waals surface area (Å²) in [4.78, 5) is 19.2. The van der Waals surface area contributed by atoms with Gasteiger partial charge < -0.3 is 14.4 Å². The molecule has 0 N–H and O–H groups in total. The van der Waals surface area contributed by atoms with Crippen LogP contribution < -0.4 is 0 Å². The quantitative estimate of drug-likeness (QED) is 0.724. The van der Waals surface area contributed by atoms with E-state index in [-0.39, 0.29) is 24.1 Å². The summed E-state index contributed by atoms with van der Waals surface area (Å²) < 4.78 is 25.4. The summed E-state index contributed by atoms with van der Waals surface area (Å²) in [6.45, 7) is 5.80. The minimum absolute atomic E-state index is 0.151. The monoisotopic (exact) mass is 425 g/mol. The van der Waals surface area contributed by atoms with Crippen molar-refractivity contribution in [1.82, 2.24) is 14.7 Å². The van der Waals surface area contributed by atoms with Gasteiger partial charge in [0.2, 0.25) is 5.91 Å². The largest absolute Gasteiger partial charge is 0.349 e. The van der Waals surface area contributed by atoms with Crippen LogP contribution in [0.4, 0.5) is 4.39 Å². The van der Waals surface area contributed by atoms with Gasteiger partial charge in [0.25, 0.3) is 0 Å². The van der Waals surface area contributed by atoms with Crippen molar-refractivity contribution in [2.75, 3.05) is 52.5 Å². The van der Waals surface area contributed by atoms with E-state index in [4.69, 9.17) is 21.1 Å². The van der Waals surface area contributed by atoms with Crippen LogP contribution in [0.15, 0.2) is 18.2 Å². The smallest absolute Gasteiger partial charge is 0.236 e. The van der Waals surface area contributed by atoms with E-state index in [1.165, 1.54) is 6.07 Å². The highest BCUT2D eigenvalue weighted by atomic mass is 35.5. The third kappa shape index (κ3) is 5.09. The van der Waals surface area contributed by atoms with E-state index in [2.05, 4.69) is 9.80 Å². The van der Waals surface area contributed by atoms with Crippen molar-refractivity contribution < 1.29 is 18.7 Å². The van der Waals surface area contributed by atoms with Gasteiger partial charge in [-0.25, -0.2) is 4.39 Å². The number of benzene rings is 1. The van der Waals surface area contributed by atoms with Crippen LogP contribution in [0.3, 0.4) is 0 Å². The average Bonchev–Trinajstić information content (AvgIpc) is 3.26. The normalized spacial score (nSPS) is 24.9. The molecule has 0 spiro atoms. The number of carbonyl (C=O) groups excluding carboxylic acids is 1. The van der Waals surface area contributed by atoms with E-state index in [0.717, 1.165) is 25.8 Å². The lowest BCUT2D eigenvalue weighted by Gasteiger charge is -2.40. The Morgan fingerprint density at radius 3 is 2.59 bits per heavy atom. The molecule has 0 aromatic heterocycles. The molecule has 0 radical (unpaired) electrons. The maximum absolute atomic E-state index is 14.0. The molecule has 1 atom stereocenters. The van der Waals surface area contributed by atoms with Gasteiger partial charge in [-0.1, -0.05) is 24.1 Å². The molecule has 3 saturated heterocycles. The number of likely N-dealkylation sites (tertiary alicyclic amines) is 1. The predicted octanol–water partition coefficient (Wildman–Crippen LogP) is 2.35. The van der Waals surface area contributed by atoms with Crippen molar-refractivity contribution in [2.45, 2.75) is 38.1 Å². The molecular formula is C21H29ClFN3O3. The Balaban J connectivity index is 1.28. The van der Waals surface area contributed by atoms with E-state index in [0.29, 0.717) is 63.1 Å². The van der Waals surface area contributed by atoms with E-state index in [1.54, 1.807) is 12.1 Å². The molecule has 3 heterocycles. The molecule has 0 saturated carbocycles. The van der Waals surface area contributed by atoms with Crippen molar-refractivity contribution in [3.05, 3.63) is 34.6 Å². The third-order valence-corrected chi connectivity index (χ3v) is 6.49. The van der Waals surface area contributed by atoms with Gasteiger partial charge in [0.05, 0.1) is 25.8 Å². The summed E-state index contributed by atoms with van der Waals surface area (Å²) in [5.74, 6) is -0.123. The van der Waals surface area contributed by atoms with Crippen molar-refractivity contribution in [3.63, 3.8) is 0 Å². The molecule has 3 aliphatic rings. The Morgan fingerprint density at radius 2 is 1.86 bits per heavy atom. The van der Waals surface area contributed by atoms with E-state index in [1.807, 2.05) is 4.90 Å². The molecule has 4 rings (SSSR count). The standard InChI is InChI=1S/C21H29ClFN3O3/c22-17-4-3-5-18(23)16(17)14-24-8-10-25(11-9-24)20(27)15-26-7-2-1-6-19(26)21-28-12-13-29-21/h3-5,19,21H,1-2,6-15H2. The highest BCUT2D eigenvalue weighted by Gasteiger charge is 2.35. The first-order chi connectivity index (χ1) is 14.1. The topological polar surface area (TPSA) is 45.3 Å². The summed E-state index contributed by atoms with van der Waals surface area (Å²) in [6.07, 6.45) is 3.06. The number of hydrogen-bond acceptors (Lipinski definition) is 5. The maximum Gasteiger partial charge on any atom is 0.236 e. The SMILES string of the molecule is O=C(CN1CCCCC1C1OCCO1)N1CCN(Cc2c(F)cccc2Cl)CC1. The summed E-state index contributed by atoms with van der Waals surface area (Å²) in [5.41, 5.74) is 0.529. The zero-order valence-electron chi connectivity index (χ0n) is 16.7. The van der Waals surface area contributed by atoms with E-state index >= 15 is 0 Å². The lowest BCUT2D eigenvalue weighted by atomic mass is 10.0. The number of carbonyl (C=O) groups is 1. The summed E-state index contributed by atoms with van der Waals surface area (Å²) in [7, 11) is 0. The molecule has 160 valence electrons. The summed E-state index contributed by atoms with van der Waals surface area (Å²) >= 11 is 6.15. The molecule has 3 aliphatic heterocycles. The number of halogens is 2. The Labute approximate surface area is 176 Å². The van der Waals surface area contributed by atoms with Gasteiger partial charge in [-0.05, 0) is 31.5 Å². The van der Waals surface area contributed by atoms with Gasteiger partial charge in [-0.15, -0.1) is 0 Å². The number of piperidine rings is 1. The second kappa shape index (κ2) is 9.71. The fourth-order valence-corrected chi connectivity index (χ4v) is 4.68. The number of ether oxygens (including phenoxy) is 2. The Bertz CT molecular complexity index is 688. The van der Waals surface area contributed by atoms with E-state index < -0.39 is 0 Å². The minimum Gasteiger partial charge on any atom is -0.349 e. The molecule has 29 heavy (non-hydrogen) atoms. The summed E-state index contributed by atoms with van der Waals surface area (Å²) in [6, 6.07) is 4.94. The number of amides is 1. The number of nitrogens with zero attached hydrogens (tertiary/aromatic N) is 3. The molecule has 1 aromatic rings. The summed E-state index contributed by atoms with van der Waals surface area (Å²) in [5, 5.41) is 0.455. The van der Waals surface area contributed by atoms with Gasteiger partial charge >= 0.3 is 0 Å². The van der Waals surface area contributed by atoms with Gasteiger partial charge in [0, 0.05) is 43.3 Å². The third-order valence-electron chi connectivity index (χ3n) is 6.13. The molecule has 1 amide bonds. The lowest BCUT2D eigenvalue weighted by Crippen LogP contribution is -2.54. The number of rotatable bonds is 5. The molecule has 3 fully saturated rings. The van der Waals surface area contributed by atoms with Crippen LogP contribution in [0.25, 0.3) is 0 Å². The molecule has 0 bridgehead atoms. The number of hydrogen-bond donors (Lipinski definition) is 0. The van der Waals surface area contributed by atoms with Crippen LogP contribution in [0, 0.1) is 5.82 Å². The Morgan fingerprint density at radius 1 is 1.10 bits per heavy atom. The fourth-order valence-electron chi connectivity index (χ4n) is 4.46. The van der Waals surface area contributed by atoms with E-state index in [9.17, 15) is 9.18 Å². The van der Waals surface area contributed by atoms with Crippen LogP contribution in [-0.2, 0) is 20.8 Å². The van der Waals surface area contributed by atoms with Crippen LogP contribution in [0.1, 0.15) is 24.8 Å². The predicted molar refractivity (Wildman–Crippen MR) is 108 cm³/mol. The van der Waals surface area contributed by atoms with Gasteiger partial charge in [-0.2, -0.15) is 0 Å². The molecule has 0 aliphatic carbocycles. The lowest BCUT2D eigenvalue weighted by molar-refractivity contribution is -0.141. The maximum atomic E-state index is 14.0. The van der Waals surface area contributed by atoms with Crippen molar-refractivity contribution in [1.29, 1.82) is 0 Å². The first-order valence-electron chi connectivity index (χ1n) is 10.5. The highest BCUT2D eigenvalue weighted by molar-refractivity contribution is 6.31. The molecule has 6 nitrogen and oxygen atoms in total. The van der Waals surface area contributed by atoms with Crippen LogP contribution in [0.5, 0.6) is 0 Å². The van der Waals surface area contributed by atoms with Crippen molar-refractivity contribution >= 4 is 17.5 Å². The molecule has 1 unspecified atom stereocenters. The van der Waals surface area contributed by atoms with Crippen molar-refractivity contribution in [2.24, 2.45) is 0 Å². The molecule has 1 aromatic carbocycles.